The molecule has 0 fully saturated rings. The molecular formula is C7H8F2N2O3. The van der Waals surface area contributed by atoms with Gasteiger partial charge >= 0.3 is 5.97 Å². The van der Waals surface area contributed by atoms with Crippen LogP contribution in [0.15, 0.2) is 6.07 Å². The molecule has 0 aliphatic carbocycles. The van der Waals surface area contributed by atoms with Crippen LogP contribution in [0.1, 0.15) is 12.1 Å². The number of carboxylic acid groups (broad SMARTS) is 1. The molecule has 0 saturated heterocycles. The van der Waals surface area contributed by atoms with E-state index in [9.17, 15) is 13.6 Å². The van der Waals surface area contributed by atoms with E-state index in [1.54, 1.807) is 0 Å². The molecule has 0 aromatic carbocycles. The second-order valence-electron chi connectivity index (χ2n) is 2.46. The van der Waals surface area contributed by atoms with E-state index < -0.39 is 24.6 Å². The molecule has 0 unspecified atom stereocenters. The molecule has 0 atom stereocenters. The monoisotopic (exact) mass is 206 g/mol. The summed E-state index contributed by atoms with van der Waals surface area (Å²) in [7, 11) is 1.27. The fourth-order valence-electron chi connectivity index (χ4n) is 0.937. The largest absolute Gasteiger partial charge is 0.480 e. The summed E-state index contributed by atoms with van der Waals surface area (Å²) in [4.78, 5) is 10.3. The number of methoxy groups -OCH3 is 1. The van der Waals surface area contributed by atoms with Gasteiger partial charge in [-0.05, 0) is 0 Å². The van der Waals surface area contributed by atoms with Crippen molar-refractivity contribution in [1.82, 2.24) is 9.78 Å². The van der Waals surface area contributed by atoms with Crippen LogP contribution in [0.4, 0.5) is 8.78 Å². The zero-order valence-electron chi connectivity index (χ0n) is 7.28. The van der Waals surface area contributed by atoms with Crippen molar-refractivity contribution in [1.29, 1.82) is 0 Å². The molecule has 7 heteroatoms. The minimum atomic E-state index is -2.77. The second kappa shape index (κ2) is 4.03. The molecule has 0 radical (unpaired) electrons. The highest BCUT2D eigenvalue weighted by molar-refractivity contribution is 5.66. The lowest BCUT2D eigenvalue weighted by atomic mass is 10.4. The van der Waals surface area contributed by atoms with Gasteiger partial charge in [0.2, 0.25) is 5.88 Å². The summed E-state index contributed by atoms with van der Waals surface area (Å²) in [6.07, 6.45) is -2.77. The fraction of sp³-hybridized carbons (Fsp3) is 0.429. The first-order valence-corrected chi connectivity index (χ1v) is 3.66. The van der Waals surface area contributed by atoms with E-state index in [0.29, 0.717) is 4.68 Å². The molecule has 0 aliphatic heterocycles. The summed E-state index contributed by atoms with van der Waals surface area (Å²) < 4.78 is 29.9. The SMILES string of the molecule is COc1cc(C(F)F)n(CC(=O)O)n1. The maximum atomic E-state index is 12.3. The normalized spacial score (nSPS) is 10.6. The molecule has 0 bridgehead atoms. The van der Waals surface area contributed by atoms with E-state index in [-0.39, 0.29) is 5.88 Å². The molecule has 14 heavy (non-hydrogen) atoms. The van der Waals surface area contributed by atoms with Crippen molar-refractivity contribution in [2.24, 2.45) is 0 Å². The smallest absolute Gasteiger partial charge is 0.325 e. The van der Waals surface area contributed by atoms with Gasteiger partial charge in [0.15, 0.2) is 0 Å². The van der Waals surface area contributed by atoms with Gasteiger partial charge in [-0.15, -0.1) is 5.10 Å². The van der Waals surface area contributed by atoms with Gasteiger partial charge in [-0.25, -0.2) is 13.5 Å². The van der Waals surface area contributed by atoms with E-state index in [1.165, 1.54) is 7.11 Å². The summed E-state index contributed by atoms with van der Waals surface area (Å²) in [5.74, 6) is -1.26. The van der Waals surface area contributed by atoms with Crippen molar-refractivity contribution in [3.05, 3.63) is 11.8 Å². The van der Waals surface area contributed by atoms with Gasteiger partial charge in [-0.3, -0.25) is 4.79 Å². The van der Waals surface area contributed by atoms with Gasteiger partial charge in [-0.1, -0.05) is 0 Å². The number of ether oxygens (including phenoxy) is 1. The first kappa shape index (κ1) is 10.4. The Balaban J connectivity index is 2.99. The van der Waals surface area contributed by atoms with Crippen LogP contribution >= 0.6 is 0 Å². The highest BCUT2D eigenvalue weighted by atomic mass is 19.3. The molecule has 1 aromatic rings. The van der Waals surface area contributed by atoms with Gasteiger partial charge in [0.1, 0.15) is 12.2 Å². The van der Waals surface area contributed by atoms with Crippen LogP contribution in [-0.2, 0) is 11.3 Å². The Hall–Kier alpha value is -1.66. The number of hydrogen-bond donors (Lipinski definition) is 1. The van der Waals surface area contributed by atoms with E-state index in [4.69, 9.17) is 5.11 Å². The molecule has 0 saturated carbocycles. The molecule has 78 valence electrons. The van der Waals surface area contributed by atoms with Crippen molar-refractivity contribution in [2.45, 2.75) is 13.0 Å². The fourth-order valence-corrected chi connectivity index (χ4v) is 0.937. The Kier molecular flexibility index (Phi) is 3.00. The number of carbonyl (C=O) groups is 1. The molecule has 5 nitrogen and oxygen atoms in total. The maximum absolute atomic E-state index is 12.3. The molecule has 1 N–H and O–H groups in total. The molecule has 1 aromatic heterocycles. The second-order valence-corrected chi connectivity index (χ2v) is 2.46. The Morgan fingerprint density at radius 3 is 2.86 bits per heavy atom. The number of halogens is 2. The third-order valence-electron chi connectivity index (χ3n) is 1.51. The van der Waals surface area contributed by atoms with Crippen LogP contribution in [0.5, 0.6) is 5.88 Å². The molecule has 1 heterocycles. The maximum Gasteiger partial charge on any atom is 0.325 e. The summed E-state index contributed by atoms with van der Waals surface area (Å²) in [5.41, 5.74) is -0.468. The van der Waals surface area contributed by atoms with Crippen LogP contribution in [0.25, 0.3) is 0 Å². The summed E-state index contributed by atoms with van der Waals surface area (Å²) >= 11 is 0. The number of nitrogens with zero attached hydrogens (tertiary/aromatic N) is 2. The third kappa shape index (κ3) is 2.18. The lowest BCUT2D eigenvalue weighted by Crippen LogP contribution is -2.13. The van der Waals surface area contributed by atoms with Crippen molar-refractivity contribution < 1.29 is 23.4 Å². The summed E-state index contributed by atoms with van der Waals surface area (Å²) in [5, 5.41) is 11.9. The molecule has 0 spiro atoms. The number of aliphatic carboxylic acids is 1. The van der Waals surface area contributed by atoms with Crippen LogP contribution in [0.3, 0.4) is 0 Å². The highest BCUT2D eigenvalue weighted by Gasteiger charge is 2.18. The Morgan fingerprint density at radius 2 is 2.43 bits per heavy atom. The molecular weight excluding hydrogens is 198 g/mol. The van der Waals surface area contributed by atoms with E-state index in [1.807, 2.05) is 0 Å². The zero-order valence-corrected chi connectivity index (χ0v) is 7.28. The number of hydrogen-bond acceptors (Lipinski definition) is 3. The van der Waals surface area contributed by atoms with E-state index in [0.717, 1.165) is 6.07 Å². The predicted octanol–water partition coefficient (Wildman–Crippen LogP) is 0.914. The van der Waals surface area contributed by atoms with Crippen LogP contribution in [0.2, 0.25) is 0 Å². The zero-order chi connectivity index (χ0) is 10.7. The van der Waals surface area contributed by atoms with Crippen LogP contribution in [-0.4, -0.2) is 28.0 Å². The highest BCUT2D eigenvalue weighted by Crippen LogP contribution is 2.22. The van der Waals surface area contributed by atoms with Crippen molar-refractivity contribution in [3.8, 4) is 5.88 Å². The van der Waals surface area contributed by atoms with E-state index >= 15 is 0 Å². The van der Waals surface area contributed by atoms with Crippen molar-refractivity contribution in [3.63, 3.8) is 0 Å². The summed E-state index contributed by atoms with van der Waals surface area (Å²) in [6, 6.07) is 1.01. The molecule has 0 aliphatic rings. The quantitative estimate of drug-likeness (QED) is 0.795. The lowest BCUT2D eigenvalue weighted by molar-refractivity contribution is -0.138. The number of alkyl halides is 2. The van der Waals surface area contributed by atoms with Gasteiger partial charge < -0.3 is 9.84 Å². The molecule has 1 rings (SSSR count). The lowest BCUT2D eigenvalue weighted by Gasteiger charge is -2.01. The first-order valence-electron chi connectivity index (χ1n) is 3.66. The number of aromatic nitrogens is 2. The third-order valence-corrected chi connectivity index (χ3v) is 1.51. The first-order chi connectivity index (χ1) is 6.54. The molecule has 0 amide bonds. The Labute approximate surface area is 77.9 Å². The van der Waals surface area contributed by atoms with Crippen molar-refractivity contribution in [2.75, 3.05) is 7.11 Å². The number of rotatable bonds is 4. The Bertz CT molecular complexity index is 338. The van der Waals surface area contributed by atoms with Gasteiger partial charge in [0.25, 0.3) is 6.43 Å². The standard InChI is InChI=1S/C7H8F2N2O3/c1-14-5-2-4(7(8)9)11(10-5)3-6(12)13/h2,7H,3H2,1H3,(H,12,13). The van der Waals surface area contributed by atoms with Crippen LogP contribution < -0.4 is 4.74 Å². The minimum Gasteiger partial charge on any atom is -0.480 e. The topological polar surface area (TPSA) is 64.3 Å². The Morgan fingerprint density at radius 1 is 1.79 bits per heavy atom. The van der Waals surface area contributed by atoms with E-state index in [2.05, 4.69) is 9.84 Å². The minimum absolute atomic E-state index is 0.0263. The van der Waals surface area contributed by atoms with Gasteiger partial charge in [-0.2, -0.15) is 0 Å². The average molecular weight is 206 g/mol. The predicted molar refractivity (Wildman–Crippen MR) is 41.4 cm³/mol. The van der Waals surface area contributed by atoms with Gasteiger partial charge in [0.05, 0.1) is 7.11 Å². The van der Waals surface area contributed by atoms with Crippen LogP contribution in [0, 0.1) is 0 Å². The summed E-state index contributed by atoms with van der Waals surface area (Å²) in [6.45, 7) is -0.608. The van der Waals surface area contributed by atoms with Crippen molar-refractivity contribution >= 4 is 5.97 Å². The van der Waals surface area contributed by atoms with Gasteiger partial charge in [0, 0.05) is 6.07 Å². The average Bonchev–Trinajstić information content (AvgIpc) is 2.46. The number of carboxylic acids is 1.